The standard InChI is InChI=1S/C23H29N7O2/c1-4-32-21-12-18-16(14-28(3)27-18)11-19(21)26-23(31)30-9-6-17-20(5-7-25-22(17)30)29-10-8-24-15(2)13-29/h5,7,11-12,14-15,24H,4,6,8-10,13H2,1-3H3,(H,26,31)/t15-/m1/s1. The molecule has 9 heteroatoms. The summed E-state index contributed by atoms with van der Waals surface area (Å²) in [5.41, 5.74) is 3.80. The van der Waals surface area contributed by atoms with Crippen LogP contribution >= 0.6 is 0 Å². The first kappa shape index (κ1) is 20.6. The number of fused-ring (bicyclic) bond motifs is 2. The molecular formula is C23H29N7O2. The zero-order valence-electron chi connectivity index (χ0n) is 18.8. The van der Waals surface area contributed by atoms with Crippen molar-refractivity contribution in [2.45, 2.75) is 26.3 Å². The van der Waals surface area contributed by atoms with Crippen molar-refractivity contribution in [1.82, 2.24) is 20.1 Å². The summed E-state index contributed by atoms with van der Waals surface area (Å²) in [4.78, 5) is 22.0. The molecule has 0 radical (unpaired) electrons. The van der Waals surface area contributed by atoms with Crippen LogP contribution in [0.15, 0.2) is 30.6 Å². The van der Waals surface area contributed by atoms with E-state index in [2.05, 4.69) is 38.6 Å². The van der Waals surface area contributed by atoms with Gasteiger partial charge in [0, 0.05) is 74.4 Å². The first-order valence-corrected chi connectivity index (χ1v) is 11.2. The zero-order chi connectivity index (χ0) is 22.2. The van der Waals surface area contributed by atoms with E-state index < -0.39 is 0 Å². The van der Waals surface area contributed by atoms with Gasteiger partial charge in [0.2, 0.25) is 0 Å². The van der Waals surface area contributed by atoms with E-state index in [1.54, 1.807) is 15.8 Å². The first-order chi connectivity index (χ1) is 15.5. The Bertz CT molecular complexity index is 1160. The van der Waals surface area contributed by atoms with E-state index in [0.29, 0.717) is 30.6 Å². The average Bonchev–Trinajstić information content (AvgIpc) is 3.36. The van der Waals surface area contributed by atoms with Crippen molar-refractivity contribution in [3.8, 4) is 5.75 Å². The number of nitrogens with zero attached hydrogens (tertiary/aromatic N) is 5. The highest BCUT2D eigenvalue weighted by atomic mass is 16.5. The largest absolute Gasteiger partial charge is 0.492 e. The number of ether oxygens (including phenoxy) is 1. The maximum atomic E-state index is 13.3. The number of aromatic nitrogens is 3. The van der Waals surface area contributed by atoms with Crippen LogP contribution in [0.25, 0.3) is 10.9 Å². The van der Waals surface area contributed by atoms with Gasteiger partial charge in [-0.15, -0.1) is 0 Å². The third-order valence-corrected chi connectivity index (χ3v) is 6.07. The predicted octanol–water partition coefficient (Wildman–Crippen LogP) is 2.76. The monoisotopic (exact) mass is 435 g/mol. The number of carbonyl (C=O) groups is 1. The second-order valence-corrected chi connectivity index (χ2v) is 8.41. The Morgan fingerprint density at radius 2 is 2.22 bits per heavy atom. The molecule has 5 rings (SSSR count). The number of aryl methyl sites for hydroxylation is 1. The van der Waals surface area contributed by atoms with Gasteiger partial charge in [0.15, 0.2) is 0 Å². The van der Waals surface area contributed by atoms with Crippen LogP contribution in [0, 0.1) is 0 Å². The Kier molecular flexibility index (Phi) is 5.34. The summed E-state index contributed by atoms with van der Waals surface area (Å²) >= 11 is 0. The smallest absolute Gasteiger partial charge is 0.327 e. The number of hydrogen-bond acceptors (Lipinski definition) is 6. The number of hydrogen-bond donors (Lipinski definition) is 2. The van der Waals surface area contributed by atoms with Crippen LogP contribution < -0.4 is 25.2 Å². The summed E-state index contributed by atoms with van der Waals surface area (Å²) in [5, 5.41) is 11.9. The van der Waals surface area contributed by atoms with E-state index in [1.807, 2.05) is 32.3 Å². The zero-order valence-corrected chi connectivity index (χ0v) is 18.8. The van der Waals surface area contributed by atoms with Gasteiger partial charge in [-0.3, -0.25) is 9.58 Å². The first-order valence-electron chi connectivity index (χ1n) is 11.2. The van der Waals surface area contributed by atoms with Crippen molar-refractivity contribution in [2.75, 3.05) is 47.9 Å². The van der Waals surface area contributed by atoms with Crippen molar-refractivity contribution < 1.29 is 9.53 Å². The van der Waals surface area contributed by atoms with E-state index >= 15 is 0 Å². The van der Waals surface area contributed by atoms with Gasteiger partial charge in [0.1, 0.15) is 11.6 Å². The van der Waals surface area contributed by atoms with Gasteiger partial charge in [0.25, 0.3) is 0 Å². The SMILES string of the molecule is CCOc1cc2nn(C)cc2cc1NC(=O)N1CCc2c(N3CCN[C@H](C)C3)ccnc21. The minimum Gasteiger partial charge on any atom is -0.492 e. The fourth-order valence-electron chi connectivity index (χ4n) is 4.65. The maximum absolute atomic E-state index is 13.3. The van der Waals surface area contributed by atoms with Crippen LogP contribution in [0.5, 0.6) is 5.75 Å². The molecule has 1 saturated heterocycles. The number of carbonyl (C=O) groups excluding carboxylic acids is 1. The fourth-order valence-corrected chi connectivity index (χ4v) is 4.65. The number of nitrogens with one attached hydrogen (secondary N) is 2. The molecule has 2 N–H and O–H groups in total. The third kappa shape index (κ3) is 3.73. The van der Waals surface area contributed by atoms with E-state index in [1.165, 1.54) is 5.69 Å². The molecule has 0 unspecified atom stereocenters. The number of urea groups is 1. The lowest BCUT2D eigenvalue weighted by molar-refractivity contribution is 0.257. The normalized spacial score (nSPS) is 18.2. The molecule has 0 aliphatic carbocycles. The van der Waals surface area contributed by atoms with Gasteiger partial charge in [-0.1, -0.05) is 0 Å². The number of rotatable bonds is 4. The highest BCUT2D eigenvalue weighted by Crippen LogP contribution is 2.36. The second kappa shape index (κ2) is 8.31. The molecule has 2 amide bonds. The lowest BCUT2D eigenvalue weighted by Gasteiger charge is -2.34. The van der Waals surface area contributed by atoms with Crippen LogP contribution in [-0.4, -0.2) is 59.6 Å². The van der Waals surface area contributed by atoms with Crippen molar-refractivity contribution >= 4 is 34.1 Å². The Labute approximate surface area is 187 Å². The fraction of sp³-hybridized carbons (Fsp3) is 0.435. The van der Waals surface area contributed by atoms with Crippen LogP contribution in [0.3, 0.4) is 0 Å². The third-order valence-electron chi connectivity index (χ3n) is 6.07. The van der Waals surface area contributed by atoms with Gasteiger partial charge >= 0.3 is 6.03 Å². The summed E-state index contributed by atoms with van der Waals surface area (Å²) in [6.07, 6.45) is 4.53. The molecule has 3 aromatic rings. The summed E-state index contributed by atoms with van der Waals surface area (Å²) in [5.74, 6) is 1.36. The van der Waals surface area contributed by atoms with Crippen molar-refractivity contribution in [3.63, 3.8) is 0 Å². The molecule has 1 atom stereocenters. The van der Waals surface area contributed by atoms with Gasteiger partial charge in [-0.05, 0) is 32.4 Å². The molecule has 0 saturated carbocycles. The number of pyridine rings is 1. The molecule has 1 fully saturated rings. The number of piperazine rings is 1. The minimum atomic E-state index is -0.203. The molecular weight excluding hydrogens is 406 g/mol. The lowest BCUT2D eigenvalue weighted by atomic mass is 10.1. The van der Waals surface area contributed by atoms with E-state index in [9.17, 15) is 4.79 Å². The molecule has 2 aromatic heterocycles. The summed E-state index contributed by atoms with van der Waals surface area (Å²) in [6, 6.07) is 6.09. The summed E-state index contributed by atoms with van der Waals surface area (Å²) in [7, 11) is 1.88. The van der Waals surface area contributed by atoms with Crippen LogP contribution in [-0.2, 0) is 13.5 Å². The molecule has 1 aromatic carbocycles. The van der Waals surface area contributed by atoms with Gasteiger partial charge in [-0.25, -0.2) is 9.78 Å². The number of amides is 2. The van der Waals surface area contributed by atoms with Crippen LogP contribution in [0.4, 0.5) is 22.0 Å². The van der Waals surface area contributed by atoms with E-state index in [4.69, 9.17) is 4.74 Å². The molecule has 168 valence electrons. The van der Waals surface area contributed by atoms with Crippen molar-refractivity contribution in [2.24, 2.45) is 7.05 Å². The molecule has 0 spiro atoms. The quantitative estimate of drug-likeness (QED) is 0.655. The van der Waals surface area contributed by atoms with Gasteiger partial charge in [-0.2, -0.15) is 5.10 Å². The van der Waals surface area contributed by atoms with Crippen LogP contribution in [0.1, 0.15) is 19.4 Å². The van der Waals surface area contributed by atoms with Gasteiger partial charge in [0.05, 0.1) is 17.8 Å². The number of benzene rings is 1. The molecule has 0 bridgehead atoms. The van der Waals surface area contributed by atoms with E-state index in [0.717, 1.165) is 48.3 Å². The topological polar surface area (TPSA) is 87.5 Å². The Balaban J connectivity index is 1.41. The lowest BCUT2D eigenvalue weighted by Crippen LogP contribution is -2.49. The summed E-state index contributed by atoms with van der Waals surface area (Å²) < 4.78 is 7.54. The highest BCUT2D eigenvalue weighted by Gasteiger charge is 2.31. The highest BCUT2D eigenvalue weighted by molar-refractivity contribution is 6.05. The summed E-state index contributed by atoms with van der Waals surface area (Å²) in [6.45, 7) is 8.09. The van der Waals surface area contributed by atoms with Crippen molar-refractivity contribution in [1.29, 1.82) is 0 Å². The Hall–Kier alpha value is -3.33. The maximum Gasteiger partial charge on any atom is 0.327 e. The minimum absolute atomic E-state index is 0.203. The molecule has 32 heavy (non-hydrogen) atoms. The number of anilines is 3. The predicted molar refractivity (Wildman–Crippen MR) is 126 cm³/mol. The van der Waals surface area contributed by atoms with Crippen molar-refractivity contribution in [3.05, 3.63) is 36.2 Å². The Morgan fingerprint density at radius 1 is 1.34 bits per heavy atom. The average molecular weight is 436 g/mol. The molecule has 2 aliphatic heterocycles. The molecule has 9 nitrogen and oxygen atoms in total. The Morgan fingerprint density at radius 3 is 3.03 bits per heavy atom. The molecule has 4 heterocycles. The van der Waals surface area contributed by atoms with Gasteiger partial charge < -0.3 is 20.3 Å². The van der Waals surface area contributed by atoms with E-state index in [-0.39, 0.29) is 6.03 Å². The van der Waals surface area contributed by atoms with Crippen LogP contribution in [0.2, 0.25) is 0 Å². The second-order valence-electron chi connectivity index (χ2n) is 8.41. The molecule has 2 aliphatic rings.